The van der Waals surface area contributed by atoms with Crippen molar-refractivity contribution >= 4 is 16.9 Å². The molecular formula is C19H16O6. The summed E-state index contributed by atoms with van der Waals surface area (Å²) >= 11 is 0. The topological polar surface area (TPSA) is 86.0 Å². The van der Waals surface area contributed by atoms with Crippen LogP contribution in [0.4, 0.5) is 0 Å². The molecular weight excluding hydrogens is 324 g/mol. The summed E-state index contributed by atoms with van der Waals surface area (Å²) in [6.07, 6.45) is 1.31. The van der Waals surface area contributed by atoms with Gasteiger partial charge in [-0.05, 0) is 24.3 Å². The maximum absolute atomic E-state index is 11.7. The molecule has 0 aliphatic rings. The smallest absolute Gasteiger partial charge is 0.313 e. The molecule has 1 atom stereocenters. The minimum atomic E-state index is -1.01. The zero-order valence-electron chi connectivity index (χ0n) is 13.3. The van der Waals surface area contributed by atoms with Crippen LogP contribution in [0, 0.1) is 5.92 Å². The molecule has 1 unspecified atom stereocenters. The van der Waals surface area contributed by atoms with E-state index in [4.69, 9.17) is 13.9 Å². The van der Waals surface area contributed by atoms with Crippen molar-refractivity contribution in [2.24, 2.45) is 5.92 Å². The standard InChI is InChI=1S/C19H16O6/c20-17-8-9-23-18-10-15(6-7-16(17)18)25-12-13(19(21)22)11-24-14-4-2-1-3-5-14/h1-10,13H,11-12H2,(H,21,22). The largest absolute Gasteiger partial charge is 0.493 e. The maximum atomic E-state index is 11.7. The van der Waals surface area contributed by atoms with Crippen LogP contribution in [0.15, 0.2) is 70.1 Å². The number of carbonyl (C=O) groups is 1. The van der Waals surface area contributed by atoms with Gasteiger partial charge in [0, 0.05) is 12.1 Å². The fraction of sp³-hybridized carbons (Fsp3) is 0.158. The lowest BCUT2D eigenvalue weighted by Gasteiger charge is -2.15. The molecule has 0 saturated heterocycles. The average molecular weight is 340 g/mol. The van der Waals surface area contributed by atoms with Gasteiger partial charge in [-0.1, -0.05) is 18.2 Å². The molecule has 6 nitrogen and oxygen atoms in total. The van der Waals surface area contributed by atoms with Gasteiger partial charge in [-0.15, -0.1) is 0 Å². The van der Waals surface area contributed by atoms with Gasteiger partial charge in [-0.2, -0.15) is 0 Å². The number of carboxylic acids is 1. The number of aliphatic carboxylic acids is 1. The molecule has 3 rings (SSSR count). The first-order chi connectivity index (χ1) is 12.1. The number of rotatable bonds is 7. The van der Waals surface area contributed by atoms with Crippen LogP contribution in [0.1, 0.15) is 0 Å². The molecule has 3 aromatic rings. The lowest BCUT2D eigenvalue weighted by Crippen LogP contribution is -2.27. The second-order valence-corrected chi connectivity index (χ2v) is 5.41. The molecule has 0 amide bonds. The van der Waals surface area contributed by atoms with Gasteiger partial charge >= 0.3 is 5.97 Å². The Morgan fingerprint density at radius 1 is 1.00 bits per heavy atom. The van der Waals surface area contributed by atoms with Crippen LogP contribution >= 0.6 is 0 Å². The van der Waals surface area contributed by atoms with E-state index in [1.54, 1.807) is 30.3 Å². The van der Waals surface area contributed by atoms with Crippen molar-refractivity contribution < 1.29 is 23.8 Å². The molecule has 2 aromatic carbocycles. The van der Waals surface area contributed by atoms with Gasteiger partial charge in [-0.3, -0.25) is 9.59 Å². The van der Waals surface area contributed by atoms with Crippen LogP contribution in [0.3, 0.4) is 0 Å². The van der Waals surface area contributed by atoms with E-state index in [1.807, 2.05) is 18.2 Å². The van der Waals surface area contributed by atoms with E-state index in [-0.39, 0.29) is 18.6 Å². The van der Waals surface area contributed by atoms with Crippen LogP contribution in [0.2, 0.25) is 0 Å². The Balaban J connectivity index is 1.65. The molecule has 6 heteroatoms. The van der Waals surface area contributed by atoms with E-state index in [2.05, 4.69) is 0 Å². The molecule has 128 valence electrons. The summed E-state index contributed by atoms with van der Waals surface area (Å²) in [4.78, 5) is 23.0. The summed E-state index contributed by atoms with van der Waals surface area (Å²) in [5.74, 6) is -0.823. The summed E-state index contributed by atoms with van der Waals surface area (Å²) in [5, 5.41) is 9.76. The second kappa shape index (κ2) is 7.53. The Morgan fingerprint density at radius 2 is 1.72 bits per heavy atom. The summed E-state index contributed by atoms with van der Waals surface area (Å²) in [5.41, 5.74) is 0.241. The van der Waals surface area contributed by atoms with Crippen molar-refractivity contribution in [3.8, 4) is 11.5 Å². The van der Waals surface area contributed by atoms with Crippen molar-refractivity contribution in [1.29, 1.82) is 0 Å². The van der Waals surface area contributed by atoms with Gasteiger partial charge in [0.05, 0.1) is 11.6 Å². The molecule has 0 saturated carbocycles. The Hall–Kier alpha value is -3.28. The SMILES string of the molecule is O=C(O)C(COc1ccccc1)COc1ccc2c(=O)ccoc2c1. The van der Waals surface area contributed by atoms with E-state index in [1.165, 1.54) is 12.3 Å². The number of fused-ring (bicyclic) bond motifs is 1. The molecule has 1 N–H and O–H groups in total. The highest BCUT2D eigenvalue weighted by Crippen LogP contribution is 2.19. The number of ether oxygens (including phenoxy) is 2. The quantitative estimate of drug-likeness (QED) is 0.712. The summed E-state index contributed by atoms with van der Waals surface area (Å²) in [6, 6.07) is 15.1. The van der Waals surface area contributed by atoms with Crippen LogP contribution in [0.5, 0.6) is 11.5 Å². The van der Waals surface area contributed by atoms with E-state index in [0.29, 0.717) is 22.5 Å². The predicted octanol–water partition coefficient (Wildman–Crippen LogP) is 2.95. The molecule has 0 aliphatic heterocycles. The first-order valence-corrected chi connectivity index (χ1v) is 7.68. The third-order valence-electron chi connectivity index (χ3n) is 3.63. The Morgan fingerprint density at radius 3 is 2.44 bits per heavy atom. The van der Waals surface area contributed by atoms with Crippen LogP contribution in [-0.4, -0.2) is 24.3 Å². The lowest BCUT2D eigenvalue weighted by atomic mass is 10.2. The Kier molecular flexibility index (Phi) is 4.99. The molecule has 0 bridgehead atoms. The van der Waals surface area contributed by atoms with Gasteiger partial charge in [-0.25, -0.2) is 0 Å². The number of para-hydroxylation sites is 1. The molecule has 1 heterocycles. The lowest BCUT2D eigenvalue weighted by molar-refractivity contribution is -0.143. The Bertz CT molecular complexity index is 916. The van der Waals surface area contributed by atoms with Gasteiger partial charge in [0.25, 0.3) is 0 Å². The average Bonchev–Trinajstić information content (AvgIpc) is 2.62. The zero-order chi connectivity index (χ0) is 17.6. The van der Waals surface area contributed by atoms with Crippen molar-refractivity contribution in [1.82, 2.24) is 0 Å². The summed E-state index contributed by atoms with van der Waals surface area (Å²) in [6.45, 7) is -0.0766. The normalized spacial score (nSPS) is 11.8. The maximum Gasteiger partial charge on any atom is 0.313 e. The number of carboxylic acid groups (broad SMARTS) is 1. The van der Waals surface area contributed by atoms with Crippen molar-refractivity contribution in [3.63, 3.8) is 0 Å². The van der Waals surface area contributed by atoms with Gasteiger partial charge in [0.1, 0.15) is 36.2 Å². The predicted molar refractivity (Wildman–Crippen MR) is 91.0 cm³/mol. The molecule has 0 fully saturated rings. The first kappa shape index (κ1) is 16.6. The van der Waals surface area contributed by atoms with Gasteiger partial charge in [0.2, 0.25) is 0 Å². The fourth-order valence-electron chi connectivity index (χ4n) is 2.25. The van der Waals surface area contributed by atoms with E-state index < -0.39 is 11.9 Å². The van der Waals surface area contributed by atoms with E-state index in [0.717, 1.165) is 0 Å². The van der Waals surface area contributed by atoms with Gasteiger partial charge < -0.3 is 19.0 Å². The number of benzene rings is 2. The Labute approximate surface area is 143 Å². The number of hydrogen-bond donors (Lipinski definition) is 1. The molecule has 0 radical (unpaired) electrons. The third kappa shape index (κ3) is 4.17. The van der Waals surface area contributed by atoms with Crippen LogP contribution < -0.4 is 14.9 Å². The minimum Gasteiger partial charge on any atom is -0.493 e. The third-order valence-corrected chi connectivity index (χ3v) is 3.63. The van der Waals surface area contributed by atoms with Crippen LogP contribution in [0.25, 0.3) is 11.0 Å². The highest BCUT2D eigenvalue weighted by atomic mass is 16.5. The summed E-state index contributed by atoms with van der Waals surface area (Å²) < 4.78 is 16.3. The highest BCUT2D eigenvalue weighted by molar-refractivity contribution is 5.77. The van der Waals surface area contributed by atoms with Crippen LogP contribution in [-0.2, 0) is 4.79 Å². The van der Waals surface area contributed by atoms with Gasteiger partial charge in [0.15, 0.2) is 5.43 Å². The molecule has 0 aliphatic carbocycles. The minimum absolute atomic E-state index is 0.0119. The zero-order valence-corrected chi connectivity index (χ0v) is 13.3. The van der Waals surface area contributed by atoms with E-state index >= 15 is 0 Å². The molecule has 1 aromatic heterocycles. The van der Waals surface area contributed by atoms with Crippen molar-refractivity contribution in [3.05, 3.63) is 71.1 Å². The van der Waals surface area contributed by atoms with Crippen molar-refractivity contribution in [2.45, 2.75) is 0 Å². The summed E-state index contributed by atoms with van der Waals surface area (Å²) in [7, 11) is 0. The van der Waals surface area contributed by atoms with Crippen molar-refractivity contribution in [2.75, 3.05) is 13.2 Å². The number of hydrogen-bond acceptors (Lipinski definition) is 5. The monoisotopic (exact) mass is 340 g/mol. The fourth-order valence-corrected chi connectivity index (χ4v) is 2.25. The second-order valence-electron chi connectivity index (χ2n) is 5.41. The highest BCUT2D eigenvalue weighted by Gasteiger charge is 2.20. The van der Waals surface area contributed by atoms with E-state index in [9.17, 15) is 14.7 Å². The first-order valence-electron chi connectivity index (χ1n) is 7.68. The molecule has 0 spiro atoms. The molecule has 25 heavy (non-hydrogen) atoms.